The van der Waals surface area contributed by atoms with Crippen LogP contribution in [-0.2, 0) is 4.79 Å². The summed E-state index contributed by atoms with van der Waals surface area (Å²) in [6, 6.07) is 14.4. The molecule has 0 bridgehead atoms. The maximum atomic E-state index is 11.4. The van der Waals surface area contributed by atoms with Gasteiger partial charge in [0.25, 0.3) is 0 Å². The lowest BCUT2D eigenvalue weighted by molar-refractivity contribution is -0.142. The number of hydrogen-bond acceptors (Lipinski definition) is 1. The Morgan fingerprint density at radius 3 is 2.58 bits per heavy atom. The highest BCUT2D eigenvalue weighted by Gasteiger charge is 2.30. The fraction of sp³-hybridized carbons (Fsp3) is 0.235. The molecule has 0 spiro atoms. The largest absolute Gasteiger partial charge is 0.481 e. The van der Waals surface area contributed by atoms with Crippen LogP contribution in [0.5, 0.6) is 0 Å². The summed E-state index contributed by atoms with van der Waals surface area (Å²) in [5.74, 6) is -0.924. The zero-order valence-electron chi connectivity index (χ0n) is 10.6. The van der Waals surface area contributed by atoms with Crippen molar-refractivity contribution in [2.45, 2.75) is 18.8 Å². The van der Waals surface area contributed by atoms with E-state index in [2.05, 4.69) is 30.3 Å². The van der Waals surface area contributed by atoms with E-state index in [1.165, 1.54) is 10.8 Å². The Hall–Kier alpha value is -2.09. The number of rotatable bonds is 2. The summed E-state index contributed by atoms with van der Waals surface area (Å²) in [7, 11) is 0. The third-order valence-corrected chi connectivity index (χ3v) is 3.97. The molecule has 0 saturated heterocycles. The van der Waals surface area contributed by atoms with E-state index in [1.54, 1.807) is 0 Å². The van der Waals surface area contributed by atoms with E-state index in [0.717, 1.165) is 12.0 Å². The first-order chi connectivity index (χ1) is 9.27. The minimum absolute atomic E-state index is 0.0774. The van der Waals surface area contributed by atoms with Crippen molar-refractivity contribution >= 4 is 16.7 Å². The zero-order chi connectivity index (χ0) is 13.2. The molecule has 1 aliphatic carbocycles. The molecule has 2 aromatic carbocycles. The minimum Gasteiger partial charge on any atom is -0.481 e. The van der Waals surface area contributed by atoms with E-state index in [0.29, 0.717) is 6.42 Å². The van der Waals surface area contributed by atoms with Crippen LogP contribution in [0.2, 0.25) is 0 Å². The van der Waals surface area contributed by atoms with Gasteiger partial charge in [0, 0.05) is 5.92 Å². The Balaban J connectivity index is 2.12. The lowest BCUT2D eigenvalue weighted by Crippen LogP contribution is -2.23. The van der Waals surface area contributed by atoms with Crippen molar-refractivity contribution in [3.63, 3.8) is 0 Å². The fourth-order valence-electron chi connectivity index (χ4n) is 3.00. The first-order valence-electron chi connectivity index (χ1n) is 6.63. The van der Waals surface area contributed by atoms with Gasteiger partial charge in [0.15, 0.2) is 0 Å². The average molecular weight is 252 g/mol. The predicted octanol–water partition coefficient (Wildman–Crippen LogP) is 3.97. The second-order valence-electron chi connectivity index (χ2n) is 5.06. The Labute approximate surface area is 112 Å². The molecule has 0 amide bonds. The Bertz CT molecular complexity index is 637. The van der Waals surface area contributed by atoms with E-state index in [9.17, 15) is 9.90 Å². The number of carboxylic acids is 1. The predicted molar refractivity (Wildman–Crippen MR) is 76.2 cm³/mol. The van der Waals surface area contributed by atoms with Gasteiger partial charge in [-0.1, -0.05) is 54.6 Å². The van der Waals surface area contributed by atoms with Crippen LogP contribution in [0.15, 0.2) is 54.6 Å². The van der Waals surface area contributed by atoms with Crippen LogP contribution in [-0.4, -0.2) is 11.1 Å². The van der Waals surface area contributed by atoms with E-state index in [4.69, 9.17) is 0 Å². The molecular formula is C17H16O2. The highest BCUT2D eigenvalue weighted by Crippen LogP contribution is 2.38. The highest BCUT2D eigenvalue weighted by atomic mass is 16.4. The Morgan fingerprint density at radius 1 is 1.00 bits per heavy atom. The summed E-state index contributed by atoms with van der Waals surface area (Å²) in [6.07, 6.45) is 5.53. The van der Waals surface area contributed by atoms with Gasteiger partial charge in [0.2, 0.25) is 0 Å². The monoisotopic (exact) mass is 252 g/mol. The van der Waals surface area contributed by atoms with Crippen molar-refractivity contribution in [3.8, 4) is 0 Å². The maximum Gasteiger partial charge on any atom is 0.307 e. The van der Waals surface area contributed by atoms with E-state index < -0.39 is 5.97 Å². The van der Waals surface area contributed by atoms with Crippen LogP contribution in [0.3, 0.4) is 0 Å². The molecule has 0 aliphatic heterocycles. The second kappa shape index (κ2) is 4.88. The smallest absolute Gasteiger partial charge is 0.307 e. The van der Waals surface area contributed by atoms with Gasteiger partial charge in [-0.25, -0.2) is 0 Å². The molecule has 96 valence electrons. The number of fused-ring (bicyclic) bond motifs is 1. The van der Waals surface area contributed by atoms with Crippen LogP contribution in [0.25, 0.3) is 10.8 Å². The number of carbonyl (C=O) groups is 1. The molecule has 0 radical (unpaired) electrons. The number of allylic oxidation sites excluding steroid dienone is 2. The summed E-state index contributed by atoms with van der Waals surface area (Å²) in [4.78, 5) is 11.4. The van der Waals surface area contributed by atoms with Crippen LogP contribution in [0.4, 0.5) is 0 Å². The van der Waals surface area contributed by atoms with Gasteiger partial charge in [0.1, 0.15) is 0 Å². The number of carboxylic acid groups (broad SMARTS) is 1. The van der Waals surface area contributed by atoms with Crippen LogP contribution in [0.1, 0.15) is 24.3 Å². The molecule has 0 saturated carbocycles. The Kier molecular flexibility index (Phi) is 3.08. The number of hydrogen-bond donors (Lipinski definition) is 1. The van der Waals surface area contributed by atoms with Crippen LogP contribution < -0.4 is 0 Å². The van der Waals surface area contributed by atoms with Crippen molar-refractivity contribution < 1.29 is 9.90 Å². The van der Waals surface area contributed by atoms with Crippen molar-refractivity contribution in [1.82, 2.24) is 0 Å². The molecule has 2 nitrogen and oxygen atoms in total. The SMILES string of the molecule is O=C(O)C1CC=CCC1c1cccc2ccccc12. The quantitative estimate of drug-likeness (QED) is 0.821. The summed E-state index contributed by atoms with van der Waals surface area (Å²) in [5.41, 5.74) is 1.16. The first-order valence-corrected chi connectivity index (χ1v) is 6.63. The molecule has 3 rings (SSSR count). The lowest BCUT2D eigenvalue weighted by atomic mass is 9.77. The van der Waals surface area contributed by atoms with Gasteiger partial charge in [-0.05, 0) is 29.2 Å². The van der Waals surface area contributed by atoms with E-state index in [-0.39, 0.29) is 11.8 Å². The molecule has 2 atom stereocenters. The fourth-order valence-corrected chi connectivity index (χ4v) is 3.00. The topological polar surface area (TPSA) is 37.3 Å². The van der Waals surface area contributed by atoms with Crippen molar-refractivity contribution in [2.75, 3.05) is 0 Å². The molecule has 0 heterocycles. The molecule has 0 aromatic heterocycles. The van der Waals surface area contributed by atoms with Gasteiger partial charge in [0.05, 0.1) is 5.92 Å². The second-order valence-corrected chi connectivity index (χ2v) is 5.06. The van der Waals surface area contributed by atoms with Gasteiger partial charge in [-0.3, -0.25) is 4.79 Å². The molecule has 2 unspecified atom stereocenters. The lowest BCUT2D eigenvalue weighted by Gasteiger charge is -2.26. The summed E-state index contributed by atoms with van der Waals surface area (Å²) in [5, 5.41) is 11.8. The average Bonchev–Trinajstić information content (AvgIpc) is 2.46. The van der Waals surface area contributed by atoms with Crippen LogP contribution >= 0.6 is 0 Å². The Morgan fingerprint density at radius 2 is 1.74 bits per heavy atom. The summed E-state index contributed by atoms with van der Waals surface area (Å²) >= 11 is 0. The summed E-state index contributed by atoms with van der Waals surface area (Å²) in [6.45, 7) is 0. The third kappa shape index (κ3) is 2.14. The molecule has 19 heavy (non-hydrogen) atoms. The molecular weight excluding hydrogens is 236 g/mol. The molecule has 2 aromatic rings. The van der Waals surface area contributed by atoms with Crippen molar-refractivity contribution in [2.24, 2.45) is 5.92 Å². The van der Waals surface area contributed by atoms with Gasteiger partial charge < -0.3 is 5.11 Å². The maximum absolute atomic E-state index is 11.4. The standard InChI is InChI=1S/C17H16O2/c18-17(19)16-10-4-3-9-15(16)14-11-5-7-12-6-1-2-8-13(12)14/h1-8,11,15-16H,9-10H2,(H,18,19). The first kappa shape index (κ1) is 12.0. The normalized spacial score (nSPS) is 22.5. The number of aliphatic carboxylic acids is 1. The zero-order valence-corrected chi connectivity index (χ0v) is 10.6. The van der Waals surface area contributed by atoms with Gasteiger partial charge in [-0.15, -0.1) is 0 Å². The molecule has 1 N–H and O–H groups in total. The minimum atomic E-state index is -0.692. The summed E-state index contributed by atoms with van der Waals surface area (Å²) < 4.78 is 0. The number of benzene rings is 2. The van der Waals surface area contributed by atoms with Crippen molar-refractivity contribution in [1.29, 1.82) is 0 Å². The van der Waals surface area contributed by atoms with Crippen LogP contribution in [0, 0.1) is 5.92 Å². The third-order valence-electron chi connectivity index (χ3n) is 3.97. The molecule has 0 fully saturated rings. The van der Waals surface area contributed by atoms with E-state index >= 15 is 0 Å². The van der Waals surface area contributed by atoms with E-state index in [1.807, 2.05) is 24.3 Å². The van der Waals surface area contributed by atoms with Gasteiger partial charge >= 0.3 is 5.97 Å². The molecule has 2 heteroatoms. The molecule has 1 aliphatic rings. The van der Waals surface area contributed by atoms with Crippen molar-refractivity contribution in [3.05, 3.63) is 60.2 Å². The van der Waals surface area contributed by atoms with Gasteiger partial charge in [-0.2, -0.15) is 0 Å². The highest BCUT2D eigenvalue weighted by molar-refractivity contribution is 5.87.